The zero-order chi connectivity index (χ0) is 20.1. The third kappa shape index (κ3) is 5.15. The van der Waals surface area contributed by atoms with E-state index in [9.17, 15) is 17.6 Å². The van der Waals surface area contributed by atoms with Crippen LogP contribution in [0, 0.1) is 5.82 Å². The molecule has 0 saturated heterocycles. The van der Waals surface area contributed by atoms with Gasteiger partial charge in [0.1, 0.15) is 17.3 Å². The molecule has 0 fully saturated rings. The number of para-hydroxylation sites is 1. The summed E-state index contributed by atoms with van der Waals surface area (Å²) in [5.74, 6) is -0.344. The minimum Gasteiger partial charge on any atom is -0.457 e. The van der Waals surface area contributed by atoms with Crippen molar-refractivity contribution in [2.24, 2.45) is 5.14 Å². The number of carbonyl (C=O) groups is 1. The van der Waals surface area contributed by atoms with Gasteiger partial charge in [-0.05, 0) is 29.8 Å². The second-order valence-electron chi connectivity index (χ2n) is 5.97. The van der Waals surface area contributed by atoms with Gasteiger partial charge < -0.3 is 10.1 Å². The van der Waals surface area contributed by atoms with Gasteiger partial charge in [-0.15, -0.1) is 0 Å². The molecule has 3 aromatic carbocycles. The van der Waals surface area contributed by atoms with Gasteiger partial charge in [0.15, 0.2) is 0 Å². The normalized spacial score (nSPS) is 11.1. The van der Waals surface area contributed by atoms with Gasteiger partial charge in [-0.1, -0.05) is 36.4 Å². The van der Waals surface area contributed by atoms with Crippen molar-refractivity contribution in [1.29, 1.82) is 0 Å². The smallest absolute Gasteiger partial charge is 0.238 e. The molecule has 0 aliphatic rings. The van der Waals surface area contributed by atoms with Crippen molar-refractivity contribution >= 4 is 21.6 Å². The van der Waals surface area contributed by atoms with Crippen LogP contribution in [0.4, 0.5) is 10.1 Å². The summed E-state index contributed by atoms with van der Waals surface area (Å²) in [7, 11) is -4.03. The summed E-state index contributed by atoms with van der Waals surface area (Å²) in [6.07, 6.45) is -0.207. The van der Waals surface area contributed by atoms with Crippen molar-refractivity contribution in [3.63, 3.8) is 0 Å². The van der Waals surface area contributed by atoms with Crippen molar-refractivity contribution in [1.82, 2.24) is 0 Å². The molecular formula is C20H17FN2O4S. The first kappa shape index (κ1) is 19.5. The highest BCUT2D eigenvalue weighted by Crippen LogP contribution is 2.28. The Hall–Kier alpha value is -3.23. The predicted molar refractivity (Wildman–Crippen MR) is 103 cm³/mol. The average Bonchev–Trinajstić information content (AvgIpc) is 2.63. The van der Waals surface area contributed by atoms with Gasteiger partial charge in [0.2, 0.25) is 15.9 Å². The molecule has 0 spiro atoms. The molecule has 0 aromatic heterocycles. The summed E-state index contributed by atoms with van der Waals surface area (Å²) in [5.41, 5.74) is 0.391. The molecule has 8 heteroatoms. The zero-order valence-electron chi connectivity index (χ0n) is 14.6. The van der Waals surface area contributed by atoms with Gasteiger partial charge in [-0.25, -0.2) is 17.9 Å². The van der Waals surface area contributed by atoms with E-state index >= 15 is 0 Å². The number of anilines is 1. The lowest BCUT2D eigenvalue weighted by molar-refractivity contribution is -0.115. The Morgan fingerprint density at radius 2 is 1.64 bits per heavy atom. The number of halogens is 1. The maximum absolute atomic E-state index is 13.7. The van der Waals surface area contributed by atoms with E-state index in [1.807, 2.05) is 6.07 Å². The van der Waals surface area contributed by atoms with E-state index in [1.54, 1.807) is 30.3 Å². The van der Waals surface area contributed by atoms with Crippen molar-refractivity contribution in [2.45, 2.75) is 11.3 Å². The van der Waals surface area contributed by atoms with Crippen LogP contribution in [0.3, 0.4) is 0 Å². The molecule has 0 radical (unpaired) electrons. The van der Waals surface area contributed by atoms with Crippen molar-refractivity contribution in [3.8, 4) is 11.5 Å². The number of nitrogens with two attached hydrogens (primary N) is 1. The fourth-order valence-electron chi connectivity index (χ4n) is 2.51. The molecule has 0 aliphatic heterocycles. The molecule has 0 atom stereocenters. The Morgan fingerprint density at radius 3 is 2.32 bits per heavy atom. The van der Waals surface area contributed by atoms with Gasteiger partial charge in [0.05, 0.1) is 11.3 Å². The Labute approximate surface area is 161 Å². The second kappa shape index (κ2) is 8.20. The first-order valence-corrected chi connectivity index (χ1v) is 9.80. The van der Waals surface area contributed by atoms with E-state index in [0.717, 1.165) is 0 Å². The van der Waals surface area contributed by atoms with Crippen LogP contribution in [0.2, 0.25) is 0 Å². The fourth-order valence-corrected chi connectivity index (χ4v) is 3.08. The lowest BCUT2D eigenvalue weighted by atomic mass is 10.1. The van der Waals surface area contributed by atoms with Gasteiger partial charge in [-0.3, -0.25) is 4.79 Å². The second-order valence-corrected chi connectivity index (χ2v) is 7.53. The van der Waals surface area contributed by atoms with Crippen LogP contribution in [0.15, 0.2) is 77.7 Å². The number of ether oxygens (including phenoxy) is 1. The predicted octanol–water partition coefficient (Wildman–Crippen LogP) is 3.45. The molecule has 3 rings (SSSR count). The number of primary sulfonamides is 1. The first-order chi connectivity index (χ1) is 13.3. The molecule has 0 aliphatic carbocycles. The Bertz CT molecular complexity index is 1100. The molecule has 28 heavy (non-hydrogen) atoms. The van der Waals surface area contributed by atoms with Gasteiger partial charge in [0, 0.05) is 17.8 Å². The van der Waals surface area contributed by atoms with Crippen molar-refractivity contribution in [2.75, 3.05) is 5.32 Å². The summed E-state index contributed by atoms with van der Waals surface area (Å²) < 4.78 is 42.9. The standard InChI is InChI=1S/C20H17FN2O4S/c21-19-9-5-4-6-14(19)10-20(24)23-15-11-17(13-18(12-15)28(22,25)26)27-16-7-2-1-3-8-16/h1-9,11-13H,10H2,(H,23,24)(H2,22,25,26). The number of benzene rings is 3. The zero-order valence-corrected chi connectivity index (χ0v) is 15.4. The quantitative estimate of drug-likeness (QED) is 0.662. The van der Waals surface area contributed by atoms with Crippen LogP contribution in [-0.4, -0.2) is 14.3 Å². The van der Waals surface area contributed by atoms with Crippen LogP contribution in [-0.2, 0) is 21.2 Å². The van der Waals surface area contributed by atoms with Crippen LogP contribution in [0.1, 0.15) is 5.56 Å². The average molecular weight is 400 g/mol. The monoisotopic (exact) mass is 400 g/mol. The highest BCUT2D eigenvalue weighted by molar-refractivity contribution is 7.89. The van der Waals surface area contributed by atoms with E-state index in [1.165, 1.54) is 36.4 Å². The van der Waals surface area contributed by atoms with Crippen LogP contribution in [0.5, 0.6) is 11.5 Å². The van der Waals surface area contributed by atoms with Crippen molar-refractivity contribution in [3.05, 3.63) is 84.2 Å². The third-order valence-corrected chi connectivity index (χ3v) is 4.67. The SMILES string of the molecule is NS(=O)(=O)c1cc(NC(=O)Cc2ccccc2F)cc(Oc2ccccc2)c1. The summed E-state index contributed by atoms with van der Waals surface area (Å²) in [6.45, 7) is 0. The molecule has 6 nitrogen and oxygen atoms in total. The number of rotatable bonds is 6. The summed E-state index contributed by atoms with van der Waals surface area (Å²) in [6, 6.07) is 18.6. The molecule has 0 bridgehead atoms. The molecule has 1 amide bonds. The molecule has 3 aromatic rings. The number of sulfonamides is 1. The molecule has 3 N–H and O–H groups in total. The molecule has 0 saturated carbocycles. The van der Waals surface area contributed by atoms with Crippen LogP contribution in [0.25, 0.3) is 0 Å². The number of amides is 1. The number of hydrogen-bond acceptors (Lipinski definition) is 4. The Morgan fingerprint density at radius 1 is 0.964 bits per heavy atom. The minimum absolute atomic E-state index is 0.166. The summed E-state index contributed by atoms with van der Waals surface area (Å²) in [4.78, 5) is 12.0. The van der Waals surface area contributed by atoms with E-state index in [-0.39, 0.29) is 28.3 Å². The Balaban J connectivity index is 1.86. The van der Waals surface area contributed by atoms with E-state index < -0.39 is 21.7 Å². The highest BCUT2D eigenvalue weighted by atomic mass is 32.2. The molecular weight excluding hydrogens is 383 g/mol. The number of hydrogen-bond donors (Lipinski definition) is 2. The summed E-state index contributed by atoms with van der Waals surface area (Å²) >= 11 is 0. The van der Waals surface area contributed by atoms with Crippen molar-refractivity contribution < 1.29 is 22.3 Å². The van der Waals surface area contributed by atoms with Gasteiger partial charge in [-0.2, -0.15) is 0 Å². The van der Waals surface area contributed by atoms with E-state index in [0.29, 0.717) is 5.75 Å². The van der Waals surface area contributed by atoms with E-state index in [2.05, 4.69) is 5.32 Å². The lowest BCUT2D eigenvalue weighted by Crippen LogP contribution is -2.17. The molecule has 144 valence electrons. The maximum atomic E-state index is 13.7. The van der Waals surface area contributed by atoms with Crippen LogP contribution < -0.4 is 15.2 Å². The van der Waals surface area contributed by atoms with E-state index in [4.69, 9.17) is 9.88 Å². The van der Waals surface area contributed by atoms with Gasteiger partial charge >= 0.3 is 0 Å². The molecule has 0 heterocycles. The van der Waals surface area contributed by atoms with Crippen LogP contribution >= 0.6 is 0 Å². The number of carbonyl (C=O) groups excluding carboxylic acids is 1. The van der Waals surface area contributed by atoms with Gasteiger partial charge in [0.25, 0.3) is 0 Å². The molecule has 0 unspecified atom stereocenters. The lowest BCUT2D eigenvalue weighted by Gasteiger charge is -2.11. The number of nitrogens with one attached hydrogen (secondary N) is 1. The highest BCUT2D eigenvalue weighted by Gasteiger charge is 2.14. The largest absolute Gasteiger partial charge is 0.457 e. The maximum Gasteiger partial charge on any atom is 0.238 e. The summed E-state index contributed by atoms with van der Waals surface area (Å²) in [5, 5.41) is 7.77. The topological polar surface area (TPSA) is 98.5 Å². The first-order valence-electron chi connectivity index (χ1n) is 8.25. The fraction of sp³-hybridized carbons (Fsp3) is 0.0500. The third-order valence-electron chi connectivity index (χ3n) is 3.78. The Kier molecular flexibility index (Phi) is 5.72. The minimum atomic E-state index is -4.03.